The zero-order valence-corrected chi connectivity index (χ0v) is 15.3. The number of hydrogen-bond donors (Lipinski definition) is 1. The van der Waals surface area contributed by atoms with Crippen LogP contribution in [0.4, 0.5) is 0 Å². The normalized spacial score (nSPS) is 18.5. The fraction of sp³-hybridized carbons (Fsp3) is 0.579. The van der Waals surface area contributed by atoms with Gasteiger partial charge in [0.15, 0.2) is 0 Å². The second kappa shape index (κ2) is 6.70. The van der Waals surface area contributed by atoms with E-state index in [-0.39, 0.29) is 11.5 Å². The number of aromatic nitrogens is 4. The molecule has 2 aromatic rings. The van der Waals surface area contributed by atoms with E-state index < -0.39 is 0 Å². The molecular formula is C19H25N5O2. The Kier molecular flexibility index (Phi) is 4.38. The van der Waals surface area contributed by atoms with Gasteiger partial charge in [0.25, 0.3) is 5.91 Å². The Bertz CT molecular complexity index is 857. The van der Waals surface area contributed by atoms with Gasteiger partial charge in [0.05, 0.1) is 0 Å². The van der Waals surface area contributed by atoms with Crippen LogP contribution in [0, 0.1) is 0 Å². The molecule has 1 N–H and O–H groups in total. The first-order valence-electron chi connectivity index (χ1n) is 9.46. The molecule has 1 amide bonds. The van der Waals surface area contributed by atoms with Crippen LogP contribution in [0.2, 0.25) is 0 Å². The van der Waals surface area contributed by atoms with Gasteiger partial charge in [-0.2, -0.15) is 0 Å². The molecule has 0 spiro atoms. The third-order valence-electron chi connectivity index (χ3n) is 5.43. The fourth-order valence-electron chi connectivity index (χ4n) is 3.77. The first-order chi connectivity index (χ1) is 12.5. The molecule has 0 atom stereocenters. The zero-order chi connectivity index (χ0) is 18.3. The van der Waals surface area contributed by atoms with E-state index in [0.29, 0.717) is 36.5 Å². The quantitative estimate of drug-likeness (QED) is 0.913. The second-order valence-electron chi connectivity index (χ2n) is 7.72. The lowest BCUT2D eigenvalue weighted by Crippen LogP contribution is -2.39. The van der Waals surface area contributed by atoms with Crippen LogP contribution in [0.5, 0.6) is 0 Å². The van der Waals surface area contributed by atoms with Crippen LogP contribution in [-0.4, -0.2) is 43.6 Å². The van der Waals surface area contributed by atoms with Gasteiger partial charge in [-0.1, -0.05) is 0 Å². The van der Waals surface area contributed by atoms with Crippen molar-refractivity contribution in [3.05, 3.63) is 45.9 Å². The summed E-state index contributed by atoms with van der Waals surface area (Å²) in [6.07, 6.45) is 5.71. The highest BCUT2D eigenvalue weighted by molar-refractivity contribution is 5.94. The summed E-state index contributed by atoms with van der Waals surface area (Å²) >= 11 is 0. The number of aromatic amines is 1. The summed E-state index contributed by atoms with van der Waals surface area (Å²) in [4.78, 5) is 29.5. The molecule has 138 valence electrons. The molecule has 3 heterocycles. The standard InChI is InChI=1S/C19H25N5O2/c1-12(2)24-11-20-22-18(24)14-5-7-23(8-6-14)19(26)15-9-16(13-3-4-13)21-17(25)10-15/h9-14H,3-8H2,1-2H3,(H,21,25). The van der Waals surface area contributed by atoms with Crippen LogP contribution in [0.3, 0.4) is 0 Å². The highest BCUT2D eigenvalue weighted by Gasteiger charge is 2.29. The lowest BCUT2D eigenvalue weighted by Gasteiger charge is -2.32. The molecule has 2 fully saturated rings. The molecular weight excluding hydrogens is 330 g/mol. The van der Waals surface area contributed by atoms with Crippen LogP contribution < -0.4 is 5.56 Å². The van der Waals surface area contributed by atoms with Crippen LogP contribution in [-0.2, 0) is 0 Å². The Morgan fingerprint density at radius 2 is 1.88 bits per heavy atom. The molecule has 0 radical (unpaired) electrons. The van der Waals surface area contributed by atoms with Crippen molar-refractivity contribution in [3.63, 3.8) is 0 Å². The lowest BCUT2D eigenvalue weighted by atomic mass is 9.95. The predicted molar refractivity (Wildman–Crippen MR) is 97.3 cm³/mol. The summed E-state index contributed by atoms with van der Waals surface area (Å²) in [5.41, 5.74) is 1.23. The minimum atomic E-state index is -0.183. The lowest BCUT2D eigenvalue weighted by molar-refractivity contribution is 0.0709. The monoisotopic (exact) mass is 355 g/mol. The molecule has 2 aliphatic rings. The van der Waals surface area contributed by atoms with E-state index in [4.69, 9.17) is 0 Å². The van der Waals surface area contributed by atoms with Crippen molar-refractivity contribution in [2.45, 2.75) is 57.4 Å². The average molecular weight is 355 g/mol. The number of pyridine rings is 1. The molecule has 1 aliphatic carbocycles. The van der Waals surface area contributed by atoms with Gasteiger partial charge >= 0.3 is 0 Å². The van der Waals surface area contributed by atoms with E-state index in [1.54, 1.807) is 6.33 Å². The minimum absolute atomic E-state index is 0.0400. The number of rotatable bonds is 4. The number of carbonyl (C=O) groups excluding carboxylic acids is 1. The number of hydrogen-bond acceptors (Lipinski definition) is 4. The van der Waals surface area contributed by atoms with Crippen molar-refractivity contribution in [3.8, 4) is 0 Å². The van der Waals surface area contributed by atoms with Crippen LogP contribution in [0.1, 0.15) is 79.3 Å². The van der Waals surface area contributed by atoms with Crippen LogP contribution in [0.25, 0.3) is 0 Å². The zero-order valence-electron chi connectivity index (χ0n) is 15.3. The van der Waals surface area contributed by atoms with Crippen molar-refractivity contribution in [1.82, 2.24) is 24.6 Å². The minimum Gasteiger partial charge on any atom is -0.339 e. The predicted octanol–water partition coefficient (Wildman–Crippen LogP) is 2.44. The van der Waals surface area contributed by atoms with E-state index >= 15 is 0 Å². The molecule has 1 aliphatic heterocycles. The number of piperidine rings is 1. The van der Waals surface area contributed by atoms with Crippen molar-refractivity contribution >= 4 is 5.91 Å². The molecule has 4 rings (SSSR count). The topological polar surface area (TPSA) is 83.9 Å². The van der Waals surface area contributed by atoms with E-state index in [2.05, 4.69) is 33.6 Å². The number of H-pyrrole nitrogens is 1. The first kappa shape index (κ1) is 17.0. The molecule has 7 heteroatoms. The third kappa shape index (κ3) is 3.30. The first-order valence-corrected chi connectivity index (χ1v) is 9.46. The molecule has 1 saturated carbocycles. The maximum atomic E-state index is 12.9. The molecule has 0 aromatic carbocycles. The number of nitrogens with zero attached hydrogens (tertiary/aromatic N) is 4. The molecule has 7 nitrogen and oxygen atoms in total. The number of carbonyl (C=O) groups is 1. The van der Waals surface area contributed by atoms with Gasteiger partial charge in [0, 0.05) is 42.4 Å². The highest BCUT2D eigenvalue weighted by Crippen LogP contribution is 2.38. The summed E-state index contributed by atoms with van der Waals surface area (Å²) in [7, 11) is 0. The summed E-state index contributed by atoms with van der Waals surface area (Å²) in [6, 6.07) is 3.62. The largest absolute Gasteiger partial charge is 0.339 e. The SMILES string of the molecule is CC(C)n1cnnc1C1CCN(C(=O)c2cc(C3CC3)[nH]c(=O)c2)CC1. The number of amides is 1. The van der Waals surface area contributed by atoms with Gasteiger partial charge in [0.1, 0.15) is 12.2 Å². The van der Waals surface area contributed by atoms with Gasteiger partial charge in [-0.25, -0.2) is 0 Å². The van der Waals surface area contributed by atoms with Crippen molar-refractivity contribution in [1.29, 1.82) is 0 Å². The maximum Gasteiger partial charge on any atom is 0.254 e. The Labute approximate surface area is 152 Å². The Morgan fingerprint density at radius 3 is 2.54 bits per heavy atom. The Hall–Kier alpha value is -2.44. The summed E-state index contributed by atoms with van der Waals surface area (Å²) in [5, 5.41) is 8.36. The van der Waals surface area contributed by atoms with Gasteiger partial charge in [0.2, 0.25) is 5.56 Å². The van der Waals surface area contributed by atoms with E-state index in [9.17, 15) is 9.59 Å². The molecule has 0 unspecified atom stereocenters. The van der Waals surface area contributed by atoms with Crippen LogP contribution in [0.15, 0.2) is 23.3 Å². The van der Waals surface area contributed by atoms with Gasteiger partial charge in [-0.05, 0) is 51.5 Å². The summed E-state index contributed by atoms with van der Waals surface area (Å²) < 4.78 is 2.11. The highest BCUT2D eigenvalue weighted by atomic mass is 16.2. The van der Waals surface area contributed by atoms with Gasteiger partial charge in [-0.3, -0.25) is 9.59 Å². The van der Waals surface area contributed by atoms with E-state index in [1.807, 2.05) is 11.0 Å². The Morgan fingerprint density at radius 1 is 1.15 bits per heavy atom. The van der Waals surface area contributed by atoms with Crippen LogP contribution >= 0.6 is 0 Å². The smallest absolute Gasteiger partial charge is 0.254 e. The van der Waals surface area contributed by atoms with Crippen molar-refractivity contribution in [2.24, 2.45) is 0 Å². The number of likely N-dealkylation sites (tertiary alicyclic amines) is 1. The Balaban J connectivity index is 1.45. The summed E-state index contributed by atoms with van der Waals surface area (Å²) in [6.45, 7) is 5.60. The van der Waals surface area contributed by atoms with E-state index in [0.717, 1.165) is 37.2 Å². The van der Waals surface area contributed by atoms with Gasteiger partial charge in [-0.15, -0.1) is 10.2 Å². The average Bonchev–Trinajstić information content (AvgIpc) is 3.37. The number of nitrogens with one attached hydrogen (secondary N) is 1. The van der Waals surface area contributed by atoms with Gasteiger partial charge < -0.3 is 14.5 Å². The molecule has 26 heavy (non-hydrogen) atoms. The summed E-state index contributed by atoms with van der Waals surface area (Å²) in [5.74, 6) is 1.72. The second-order valence-corrected chi connectivity index (χ2v) is 7.72. The van der Waals surface area contributed by atoms with E-state index in [1.165, 1.54) is 6.07 Å². The maximum absolute atomic E-state index is 12.9. The molecule has 2 aromatic heterocycles. The fourth-order valence-corrected chi connectivity index (χ4v) is 3.77. The molecule has 1 saturated heterocycles. The third-order valence-corrected chi connectivity index (χ3v) is 5.43. The molecule has 0 bridgehead atoms. The van der Waals surface area contributed by atoms with Crippen molar-refractivity contribution in [2.75, 3.05) is 13.1 Å². The van der Waals surface area contributed by atoms with Crippen molar-refractivity contribution < 1.29 is 4.79 Å².